The van der Waals surface area contributed by atoms with Crippen molar-refractivity contribution in [1.82, 2.24) is 5.32 Å². The van der Waals surface area contributed by atoms with Crippen LogP contribution in [0.1, 0.15) is 25.0 Å². The molecule has 1 saturated heterocycles. The molecule has 1 aliphatic heterocycles. The molecule has 92 valence electrons. The molecule has 1 amide bonds. The molecule has 2 N–H and O–H groups in total. The van der Waals surface area contributed by atoms with E-state index in [1.807, 2.05) is 24.3 Å². The topological polar surface area (TPSA) is 52.6 Å². The molecule has 0 spiro atoms. The number of nitrogens with one attached hydrogen (secondary N) is 1. The Bertz CT molecular complexity index is 387. The average Bonchev–Trinajstić information content (AvgIpc) is 2.54. The first-order valence-electron chi connectivity index (χ1n) is 5.96. The first kappa shape index (κ1) is 11.9. The molecule has 0 saturated carbocycles. The zero-order valence-electron chi connectivity index (χ0n) is 10.0. The van der Waals surface area contributed by atoms with E-state index < -0.39 is 6.10 Å². The van der Waals surface area contributed by atoms with E-state index in [2.05, 4.69) is 10.2 Å². The first-order chi connectivity index (χ1) is 8.16. The highest BCUT2D eigenvalue weighted by atomic mass is 16.3. The maximum Gasteiger partial charge on any atom is 0.221 e. The van der Waals surface area contributed by atoms with E-state index >= 15 is 0 Å². The third-order valence-corrected chi connectivity index (χ3v) is 3.05. The highest BCUT2D eigenvalue weighted by Gasteiger charge is 2.13. The van der Waals surface area contributed by atoms with E-state index in [1.54, 1.807) is 6.92 Å². The summed E-state index contributed by atoms with van der Waals surface area (Å²) in [6.45, 7) is 4.03. The van der Waals surface area contributed by atoms with Crippen LogP contribution in [0.2, 0.25) is 0 Å². The van der Waals surface area contributed by atoms with Crippen LogP contribution in [0.5, 0.6) is 0 Å². The molecule has 1 fully saturated rings. The maximum absolute atomic E-state index is 11.2. The number of amides is 1. The van der Waals surface area contributed by atoms with Gasteiger partial charge >= 0.3 is 0 Å². The predicted molar refractivity (Wildman–Crippen MR) is 66.9 cm³/mol. The van der Waals surface area contributed by atoms with Crippen molar-refractivity contribution < 1.29 is 9.90 Å². The van der Waals surface area contributed by atoms with Crippen molar-refractivity contribution in [3.05, 3.63) is 29.8 Å². The zero-order valence-corrected chi connectivity index (χ0v) is 10.0. The van der Waals surface area contributed by atoms with Gasteiger partial charge in [-0.05, 0) is 24.6 Å². The summed E-state index contributed by atoms with van der Waals surface area (Å²) in [6, 6.07) is 7.86. The maximum atomic E-state index is 11.2. The standard InChI is InChI=1S/C13H18N2O2/c1-10(16)11-2-4-12(5-3-11)15-8-6-13(17)14-7-9-15/h2-5,10,16H,6-9H2,1H3,(H,14,17). The monoisotopic (exact) mass is 234 g/mol. The van der Waals surface area contributed by atoms with Gasteiger partial charge in [0.15, 0.2) is 0 Å². The van der Waals surface area contributed by atoms with Crippen LogP contribution >= 0.6 is 0 Å². The number of aliphatic hydroxyl groups excluding tert-OH is 1. The molecule has 1 aromatic carbocycles. The number of carbonyl (C=O) groups excluding carboxylic acids is 1. The van der Waals surface area contributed by atoms with Crippen LogP contribution in [0.15, 0.2) is 24.3 Å². The number of benzene rings is 1. The third kappa shape index (κ3) is 2.97. The summed E-state index contributed by atoms with van der Waals surface area (Å²) in [7, 11) is 0. The van der Waals surface area contributed by atoms with Crippen LogP contribution in [-0.2, 0) is 4.79 Å². The van der Waals surface area contributed by atoms with Gasteiger partial charge in [-0.2, -0.15) is 0 Å². The molecule has 1 heterocycles. The van der Waals surface area contributed by atoms with Crippen LogP contribution in [0, 0.1) is 0 Å². The second-order valence-electron chi connectivity index (χ2n) is 4.35. The second kappa shape index (κ2) is 5.19. The Kier molecular flexibility index (Phi) is 3.64. The van der Waals surface area contributed by atoms with Gasteiger partial charge in [-0.1, -0.05) is 12.1 Å². The minimum Gasteiger partial charge on any atom is -0.389 e. The lowest BCUT2D eigenvalue weighted by molar-refractivity contribution is -0.120. The Morgan fingerprint density at radius 2 is 2.00 bits per heavy atom. The highest BCUT2D eigenvalue weighted by Crippen LogP contribution is 2.19. The predicted octanol–water partition coefficient (Wildman–Crippen LogP) is 1.07. The van der Waals surface area contributed by atoms with Crippen LogP contribution in [0.4, 0.5) is 5.69 Å². The van der Waals surface area contributed by atoms with Gasteiger partial charge in [-0.15, -0.1) is 0 Å². The summed E-state index contributed by atoms with van der Waals surface area (Å²) in [5.41, 5.74) is 2.02. The van der Waals surface area contributed by atoms with E-state index in [9.17, 15) is 9.90 Å². The van der Waals surface area contributed by atoms with Gasteiger partial charge in [-0.3, -0.25) is 4.79 Å². The van der Waals surface area contributed by atoms with Crippen LogP contribution in [0.25, 0.3) is 0 Å². The molecule has 4 heteroatoms. The van der Waals surface area contributed by atoms with Gasteiger partial charge < -0.3 is 15.3 Å². The van der Waals surface area contributed by atoms with Crippen LogP contribution in [-0.4, -0.2) is 30.6 Å². The van der Waals surface area contributed by atoms with Gasteiger partial charge in [-0.25, -0.2) is 0 Å². The summed E-state index contributed by atoms with van der Waals surface area (Å²) in [5.74, 6) is 0.119. The van der Waals surface area contributed by atoms with Crippen LogP contribution in [0.3, 0.4) is 0 Å². The molecule has 1 aliphatic rings. The number of anilines is 1. The quantitative estimate of drug-likeness (QED) is 0.804. The number of carbonyl (C=O) groups is 1. The lowest BCUT2D eigenvalue weighted by atomic mass is 10.1. The van der Waals surface area contributed by atoms with E-state index in [0.717, 1.165) is 24.3 Å². The summed E-state index contributed by atoms with van der Waals surface area (Å²) < 4.78 is 0. The van der Waals surface area contributed by atoms with Crippen molar-refractivity contribution in [2.24, 2.45) is 0 Å². The molecule has 0 bridgehead atoms. The third-order valence-electron chi connectivity index (χ3n) is 3.05. The fourth-order valence-electron chi connectivity index (χ4n) is 1.99. The molecule has 17 heavy (non-hydrogen) atoms. The van der Waals surface area contributed by atoms with Gasteiger partial charge in [0, 0.05) is 31.7 Å². The van der Waals surface area contributed by atoms with Crippen molar-refractivity contribution in [1.29, 1.82) is 0 Å². The largest absolute Gasteiger partial charge is 0.389 e. The Balaban J connectivity index is 2.08. The van der Waals surface area contributed by atoms with E-state index in [0.29, 0.717) is 13.0 Å². The van der Waals surface area contributed by atoms with Gasteiger partial charge in [0.05, 0.1) is 6.10 Å². The summed E-state index contributed by atoms with van der Waals surface area (Å²) in [5, 5.41) is 12.3. The van der Waals surface area contributed by atoms with Gasteiger partial charge in [0.1, 0.15) is 0 Å². The fourth-order valence-corrected chi connectivity index (χ4v) is 1.99. The minimum absolute atomic E-state index is 0.119. The minimum atomic E-state index is -0.434. The smallest absolute Gasteiger partial charge is 0.221 e. The Labute approximate surface area is 101 Å². The summed E-state index contributed by atoms with van der Waals surface area (Å²) >= 11 is 0. The van der Waals surface area contributed by atoms with Crippen molar-refractivity contribution in [2.45, 2.75) is 19.4 Å². The molecular formula is C13H18N2O2. The number of hydrogen-bond donors (Lipinski definition) is 2. The number of hydrogen-bond acceptors (Lipinski definition) is 3. The molecule has 1 aromatic rings. The molecule has 1 unspecified atom stereocenters. The number of aliphatic hydroxyl groups is 1. The Morgan fingerprint density at radius 1 is 1.29 bits per heavy atom. The lowest BCUT2D eigenvalue weighted by Gasteiger charge is -2.22. The fraction of sp³-hybridized carbons (Fsp3) is 0.462. The number of rotatable bonds is 2. The van der Waals surface area contributed by atoms with Crippen molar-refractivity contribution >= 4 is 11.6 Å². The Morgan fingerprint density at radius 3 is 2.65 bits per heavy atom. The SMILES string of the molecule is CC(O)c1ccc(N2CCNC(=O)CC2)cc1. The Hall–Kier alpha value is -1.55. The molecule has 2 rings (SSSR count). The first-order valence-corrected chi connectivity index (χ1v) is 5.96. The van der Waals surface area contributed by atoms with Crippen molar-refractivity contribution in [2.75, 3.05) is 24.5 Å². The summed E-state index contributed by atoms with van der Waals surface area (Å²) in [4.78, 5) is 13.4. The molecule has 0 aliphatic carbocycles. The number of nitrogens with zero attached hydrogens (tertiary/aromatic N) is 1. The zero-order chi connectivity index (χ0) is 12.3. The molecule has 0 radical (unpaired) electrons. The van der Waals surface area contributed by atoms with Gasteiger partial charge in [0.25, 0.3) is 0 Å². The van der Waals surface area contributed by atoms with Crippen molar-refractivity contribution in [3.8, 4) is 0 Å². The van der Waals surface area contributed by atoms with E-state index in [1.165, 1.54) is 0 Å². The molecule has 1 atom stereocenters. The normalized spacial score (nSPS) is 18.5. The van der Waals surface area contributed by atoms with E-state index in [4.69, 9.17) is 0 Å². The van der Waals surface area contributed by atoms with Crippen LogP contribution < -0.4 is 10.2 Å². The van der Waals surface area contributed by atoms with E-state index in [-0.39, 0.29) is 5.91 Å². The molecule has 0 aromatic heterocycles. The summed E-state index contributed by atoms with van der Waals surface area (Å²) in [6.07, 6.45) is 0.106. The molecular weight excluding hydrogens is 216 g/mol. The molecule has 4 nitrogen and oxygen atoms in total. The van der Waals surface area contributed by atoms with Crippen molar-refractivity contribution in [3.63, 3.8) is 0 Å². The average molecular weight is 234 g/mol. The second-order valence-corrected chi connectivity index (χ2v) is 4.35. The van der Waals surface area contributed by atoms with Gasteiger partial charge in [0.2, 0.25) is 5.91 Å². The lowest BCUT2D eigenvalue weighted by Crippen LogP contribution is -2.28. The highest BCUT2D eigenvalue weighted by molar-refractivity contribution is 5.77.